The smallest absolute Gasteiger partial charge is 0.240 e. The van der Waals surface area contributed by atoms with E-state index < -0.39 is 10.0 Å². The van der Waals surface area contributed by atoms with Gasteiger partial charge in [-0.1, -0.05) is 18.7 Å². The highest BCUT2D eigenvalue weighted by molar-refractivity contribution is 8.13. The Kier molecular flexibility index (Phi) is 5.82. The Labute approximate surface area is 117 Å². The van der Waals surface area contributed by atoms with Crippen LogP contribution in [-0.4, -0.2) is 26.4 Å². The molecule has 0 spiro atoms. The maximum absolute atomic E-state index is 11.7. The highest BCUT2D eigenvalue weighted by atomic mass is 32.2. The fourth-order valence-corrected chi connectivity index (χ4v) is 2.65. The van der Waals surface area contributed by atoms with Gasteiger partial charge in [0.1, 0.15) is 0 Å². The molecule has 6 nitrogen and oxygen atoms in total. The first-order chi connectivity index (χ1) is 9.03. The molecule has 0 saturated carbocycles. The molecule has 0 aliphatic rings. The lowest BCUT2D eigenvalue weighted by molar-refractivity contribution is 0.584. The molecule has 1 aromatic rings. The van der Waals surface area contributed by atoms with E-state index in [2.05, 4.69) is 15.0 Å². The fourth-order valence-electron chi connectivity index (χ4n) is 1.26. The zero-order chi connectivity index (χ0) is 14.3. The van der Waals surface area contributed by atoms with E-state index >= 15 is 0 Å². The third kappa shape index (κ3) is 4.55. The van der Waals surface area contributed by atoms with Crippen molar-refractivity contribution in [2.24, 2.45) is 4.99 Å². The maximum atomic E-state index is 11.7. The quantitative estimate of drug-likeness (QED) is 0.379. The van der Waals surface area contributed by atoms with Gasteiger partial charge in [0.2, 0.25) is 10.0 Å². The highest BCUT2D eigenvalue weighted by Gasteiger charge is 2.11. The van der Waals surface area contributed by atoms with E-state index in [1.165, 1.54) is 23.9 Å². The summed E-state index contributed by atoms with van der Waals surface area (Å²) in [5.74, 6) is 0. The van der Waals surface area contributed by atoms with Gasteiger partial charge in [-0.15, -0.1) is 0 Å². The van der Waals surface area contributed by atoms with Gasteiger partial charge in [0.15, 0.2) is 11.4 Å². The van der Waals surface area contributed by atoms with Crippen LogP contribution >= 0.6 is 11.8 Å². The Morgan fingerprint density at radius 2 is 2.05 bits per heavy atom. The van der Waals surface area contributed by atoms with Crippen LogP contribution in [0.1, 0.15) is 6.92 Å². The molecule has 19 heavy (non-hydrogen) atoms. The summed E-state index contributed by atoms with van der Waals surface area (Å²) in [7, 11) is -3.44. The highest BCUT2D eigenvalue weighted by Crippen LogP contribution is 2.17. The topological polar surface area (TPSA) is 94.3 Å². The lowest BCUT2D eigenvalue weighted by Crippen LogP contribution is -2.22. The summed E-state index contributed by atoms with van der Waals surface area (Å²) in [6, 6.07) is 6.11. The van der Waals surface area contributed by atoms with Gasteiger partial charge in [0.25, 0.3) is 0 Å². The summed E-state index contributed by atoms with van der Waals surface area (Å²) < 4.78 is 25.8. The molecule has 2 N–H and O–H groups in total. The van der Waals surface area contributed by atoms with E-state index in [0.29, 0.717) is 17.4 Å². The summed E-state index contributed by atoms with van der Waals surface area (Å²) in [5.41, 5.74) is 0.572. The van der Waals surface area contributed by atoms with Gasteiger partial charge in [0, 0.05) is 6.54 Å². The second-order valence-electron chi connectivity index (χ2n) is 3.35. The van der Waals surface area contributed by atoms with Gasteiger partial charge in [-0.25, -0.2) is 18.1 Å². The summed E-state index contributed by atoms with van der Waals surface area (Å²) in [6.45, 7) is 2.06. The molecule has 0 aliphatic heterocycles. The summed E-state index contributed by atoms with van der Waals surface area (Å²) in [4.78, 5) is 4.35. The molecule has 0 saturated heterocycles. The van der Waals surface area contributed by atoms with Crippen molar-refractivity contribution in [3.63, 3.8) is 0 Å². The average Bonchev–Trinajstić information content (AvgIpc) is 2.39. The second-order valence-corrected chi connectivity index (χ2v) is 5.92. The van der Waals surface area contributed by atoms with Crippen LogP contribution in [0.3, 0.4) is 0 Å². The van der Waals surface area contributed by atoms with E-state index in [1.54, 1.807) is 31.5 Å². The molecule has 0 atom stereocenters. The molecule has 0 unspecified atom stereocenters. The standard InChI is InChI=1S/C11H14N4O2S2/c1-3-14-19(16,17)10-6-4-9(5-7-10)15-11(18-2)13-8-12/h4-7,14H,3H2,1-2H3,(H,13,15). The van der Waals surface area contributed by atoms with Crippen molar-refractivity contribution in [1.29, 1.82) is 5.26 Å². The minimum atomic E-state index is -3.44. The Bertz CT molecular complexity index is 588. The first kappa shape index (κ1) is 15.5. The van der Waals surface area contributed by atoms with E-state index in [-0.39, 0.29) is 4.90 Å². The molecule has 1 rings (SSSR count). The van der Waals surface area contributed by atoms with Gasteiger partial charge in [-0.05, 0) is 30.5 Å². The predicted octanol–water partition coefficient (Wildman–Crippen LogP) is 1.41. The van der Waals surface area contributed by atoms with Crippen LogP contribution in [0.25, 0.3) is 0 Å². The zero-order valence-electron chi connectivity index (χ0n) is 10.5. The van der Waals surface area contributed by atoms with Crippen molar-refractivity contribution < 1.29 is 8.42 Å². The fraction of sp³-hybridized carbons (Fsp3) is 0.273. The number of nitrogens with one attached hydrogen (secondary N) is 2. The van der Waals surface area contributed by atoms with Crippen molar-refractivity contribution in [2.45, 2.75) is 11.8 Å². The van der Waals surface area contributed by atoms with E-state index in [9.17, 15) is 8.42 Å². The number of hydrogen-bond donors (Lipinski definition) is 2. The number of nitriles is 1. The molecular weight excluding hydrogens is 284 g/mol. The number of amidine groups is 1. The second kappa shape index (κ2) is 7.13. The molecule has 0 bridgehead atoms. The van der Waals surface area contributed by atoms with Gasteiger partial charge in [0.05, 0.1) is 10.6 Å². The predicted molar refractivity (Wildman–Crippen MR) is 76.7 cm³/mol. The molecular formula is C11H14N4O2S2. The zero-order valence-corrected chi connectivity index (χ0v) is 12.2. The average molecular weight is 298 g/mol. The van der Waals surface area contributed by atoms with Crippen LogP contribution in [0.15, 0.2) is 34.2 Å². The minimum Gasteiger partial charge on any atom is -0.271 e. The molecule has 102 valence electrons. The van der Waals surface area contributed by atoms with Crippen molar-refractivity contribution in [2.75, 3.05) is 12.8 Å². The van der Waals surface area contributed by atoms with Crippen LogP contribution in [0, 0.1) is 11.5 Å². The third-order valence-electron chi connectivity index (χ3n) is 2.07. The van der Waals surface area contributed by atoms with Crippen LogP contribution in [0.5, 0.6) is 0 Å². The van der Waals surface area contributed by atoms with Gasteiger partial charge < -0.3 is 0 Å². The number of rotatable bonds is 4. The molecule has 0 amide bonds. The molecule has 8 heteroatoms. The van der Waals surface area contributed by atoms with Gasteiger partial charge in [-0.3, -0.25) is 5.32 Å². The number of hydrogen-bond acceptors (Lipinski definition) is 5. The SMILES string of the molecule is CCNS(=O)(=O)c1ccc(N=C(NC#N)SC)cc1. The largest absolute Gasteiger partial charge is 0.271 e. The molecule has 0 radical (unpaired) electrons. The van der Waals surface area contributed by atoms with Crippen LogP contribution < -0.4 is 10.0 Å². The monoisotopic (exact) mass is 298 g/mol. The Morgan fingerprint density at radius 1 is 1.42 bits per heavy atom. The summed E-state index contributed by atoms with van der Waals surface area (Å²) in [5, 5.41) is 11.4. The molecule has 1 aromatic carbocycles. The number of thioether (sulfide) groups is 1. The Morgan fingerprint density at radius 3 is 2.53 bits per heavy atom. The Hall–Kier alpha value is -1.56. The number of nitrogens with zero attached hydrogens (tertiary/aromatic N) is 2. The lowest BCUT2D eigenvalue weighted by Gasteiger charge is -2.05. The molecule has 0 aromatic heterocycles. The molecule has 0 aliphatic carbocycles. The van der Waals surface area contributed by atoms with Crippen LogP contribution in [-0.2, 0) is 10.0 Å². The van der Waals surface area contributed by atoms with E-state index in [0.717, 1.165) is 0 Å². The van der Waals surface area contributed by atoms with Crippen molar-refractivity contribution >= 4 is 32.6 Å². The number of sulfonamides is 1. The van der Waals surface area contributed by atoms with Crippen molar-refractivity contribution in [3.05, 3.63) is 24.3 Å². The number of benzene rings is 1. The van der Waals surface area contributed by atoms with Crippen molar-refractivity contribution in [1.82, 2.24) is 10.0 Å². The molecule has 0 heterocycles. The summed E-state index contributed by atoms with van der Waals surface area (Å²) in [6.07, 6.45) is 3.57. The van der Waals surface area contributed by atoms with Crippen LogP contribution in [0.2, 0.25) is 0 Å². The van der Waals surface area contributed by atoms with Crippen LogP contribution in [0.4, 0.5) is 5.69 Å². The number of aliphatic imine (C=N–C) groups is 1. The van der Waals surface area contributed by atoms with E-state index in [1.807, 2.05) is 0 Å². The Balaban J connectivity index is 2.97. The molecule has 0 fully saturated rings. The minimum absolute atomic E-state index is 0.187. The summed E-state index contributed by atoms with van der Waals surface area (Å²) >= 11 is 1.29. The lowest BCUT2D eigenvalue weighted by atomic mass is 10.3. The maximum Gasteiger partial charge on any atom is 0.240 e. The normalized spacial score (nSPS) is 11.9. The van der Waals surface area contributed by atoms with Crippen molar-refractivity contribution in [3.8, 4) is 6.19 Å². The third-order valence-corrected chi connectivity index (χ3v) is 4.21. The first-order valence-electron chi connectivity index (χ1n) is 5.41. The van der Waals surface area contributed by atoms with Gasteiger partial charge in [-0.2, -0.15) is 5.26 Å². The van der Waals surface area contributed by atoms with E-state index in [4.69, 9.17) is 5.26 Å². The first-order valence-corrected chi connectivity index (χ1v) is 8.11. The van der Waals surface area contributed by atoms with Gasteiger partial charge >= 0.3 is 0 Å².